The predicted octanol–water partition coefficient (Wildman–Crippen LogP) is 4.54. The Morgan fingerprint density at radius 1 is 0.737 bits per heavy atom. The summed E-state index contributed by atoms with van der Waals surface area (Å²) >= 11 is 14.0. The van der Waals surface area contributed by atoms with Crippen LogP contribution in [0.25, 0.3) is 0 Å². The van der Waals surface area contributed by atoms with E-state index in [9.17, 15) is 0 Å². The van der Waals surface area contributed by atoms with Gasteiger partial charge in [-0.25, -0.2) is 0 Å². The van der Waals surface area contributed by atoms with Crippen LogP contribution in [-0.2, 0) is 14.2 Å². The fraction of sp³-hybridized carbons (Fsp3) is 1.00. The summed E-state index contributed by atoms with van der Waals surface area (Å²) in [6, 6.07) is 0. The van der Waals surface area contributed by atoms with Gasteiger partial charge in [0.1, 0.15) is 0 Å². The first-order chi connectivity index (χ1) is 9.18. The quantitative estimate of drug-likeness (QED) is 0.272. The van der Waals surface area contributed by atoms with E-state index in [1.54, 1.807) is 14.2 Å². The fourth-order valence-electron chi connectivity index (χ4n) is 1.70. The summed E-state index contributed by atoms with van der Waals surface area (Å²) in [6.07, 6.45) is 1.44. The number of methoxy groups -OCH3 is 2. The van der Waals surface area contributed by atoms with Crippen molar-refractivity contribution in [2.75, 3.05) is 35.5 Å². The van der Waals surface area contributed by atoms with Crippen molar-refractivity contribution in [3.8, 4) is 0 Å². The Kier molecular flexibility index (Phi) is 14.7. The average molecular weight is 534 g/mol. The summed E-state index contributed by atoms with van der Waals surface area (Å²) in [5.74, 6) is 0.587. The zero-order valence-electron chi connectivity index (χ0n) is 11.3. The molecular formula is C12H22Br4O3. The Hall–Kier alpha value is 1.80. The lowest BCUT2D eigenvalue weighted by molar-refractivity contribution is -0.259. The Morgan fingerprint density at radius 3 is 1.32 bits per heavy atom. The van der Waals surface area contributed by atoms with Crippen LogP contribution in [0.4, 0.5) is 0 Å². The van der Waals surface area contributed by atoms with E-state index in [1.807, 2.05) is 0 Å². The highest BCUT2D eigenvalue weighted by molar-refractivity contribution is 9.09. The summed E-state index contributed by atoms with van der Waals surface area (Å²) in [5, 5.41) is 3.52. The maximum Gasteiger partial charge on any atom is 0.163 e. The van der Waals surface area contributed by atoms with Crippen molar-refractivity contribution in [1.29, 1.82) is 0 Å². The first-order valence-corrected chi connectivity index (χ1v) is 10.6. The summed E-state index contributed by atoms with van der Waals surface area (Å²) < 4.78 is 17.0. The molecule has 3 nitrogen and oxygen atoms in total. The van der Waals surface area contributed by atoms with Gasteiger partial charge in [-0.15, -0.1) is 0 Å². The second-order valence-corrected chi connectivity index (χ2v) is 7.01. The standard InChI is InChI=1S/C12H22Br4O3/c1-17-11(9(7-15)3-5-13)19-12(18-2)10(8-16)4-6-14/h9-12H,3-8H2,1-2H3/t9-,10-,11-,12-/m0/s1. The zero-order chi connectivity index (χ0) is 14.7. The minimum Gasteiger partial charge on any atom is -0.355 e. The predicted molar refractivity (Wildman–Crippen MR) is 94.1 cm³/mol. The molecule has 0 aromatic heterocycles. The number of ether oxygens (including phenoxy) is 3. The fourth-order valence-corrected chi connectivity index (χ4v) is 4.14. The normalized spacial score (nSPS) is 18.0. The smallest absolute Gasteiger partial charge is 0.163 e. The van der Waals surface area contributed by atoms with Crippen LogP contribution in [0.5, 0.6) is 0 Å². The Morgan fingerprint density at radius 2 is 1.11 bits per heavy atom. The van der Waals surface area contributed by atoms with Gasteiger partial charge in [-0.2, -0.15) is 0 Å². The SMILES string of the molecule is CO[C@@H](O[C@H](OC)[C@H](CBr)CCBr)[C@H](CBr)CCBr. The van der Waals surface area contributed by atoms with Crippen LogP contribution in [0.3, 0.4) is 0 Å². The van der Waals surface area contributed by atoms with Crippen molar-refractivity contribution in [2.24, 2.45) is 11.8 Å². The van der Waals surface area contributed by atoms with Crippen molar-refractivity contribution in [2.45, 2.75) is 25.4 Å². The van der Waals surface area contributed by atoms with Gasteiger partial charge in [-0.05, 0) is 12.8 Å². The second-order valence-electron chi connectivity index (χ2n) is 4.13. The van der Waals surface area contributed by atoms with Gasteiger partial charge in [0, 0.05) is 47.4 Å². The van der Waals surface area contributed by atoms with Crippen LogP contribution in [0.15, 0.2) is 0 Å². The van der Waals surface area contributed by atoms with E-state index in [1.165, 1.54) is 0 Å². The molecule has 0 aromatic carbocycles. The lowest BCUT2D eigenvalue weighted by Gasteiger charge is -2.31. The van der Waals surface area contributed by atoms with Crippen molar-refractivity contribution >= 4 is 63.7 Å². The molecule has 0 fully saturated rings. The van der Waals surface area contributed by atoms with Crippen molar-refractivity contribution in [3.63, 3.8) is 0 Å². The molecule has 7 heteroatoms. The Bertz CT molecular complexity index is 189. The van der Waals surface area contributed by atoms with E-state index in [4.69, 9.17) is 14.2 Å². The topological polar surface area (TPSA) is 27.7 Å². The van der Waals surface area contributed by atoms with Crippen LogP contribution >= 0.6 is 63.7 Å². The number of halogens is 4. The van der Waals surface area contributed by atoms with Crippen LogP contribution in [0.2, 0.25) is 0 Å². The third kappa shape index (κ3) is 8.12. The van der Waals surface area contributed by atoms with Gasteiger partial charge < -0.3 is 14.2 Å². The molecule has 0 radical (unpaired) electrons. The molecule has 116 valence electrons. The molecule has 0 spiro atoms. The van der Waals surface area contributed by atoms with Gasteiger partial charge >= 0.3 is 0 Å². The van der Waals surface area contributed by atoms with Crippen molar-refractivity contribution in [3.05, 3.63) is 0 Å². The first kappa shape index (κ1) is 20.8. The number of rotatable bonds is 12. The van der Waals surface area contributed by atoms with E-state index in [2.05, 4.69) is 63.7 Å². The molecule has 0 aliphatic heterocycles. The second kappa shape index (κ2) is 13.5. The molecule has 0 heterocycles. The van der Waals surface area contributed by atoms with Gasteiger partial charge in [-0.3, -0.25) is 0 Å². The molecule has 0 amide bonds. The van der Waals surface area contributed by atoms with Crippen molar-refractivity contribution < 1.29 is 14.2 Å². The maximum absolute atomic E-state index is 6.01. The zero-order valence-corrected chi connectivity index (χ0v) is 17.6. The molecule has 0 N–H and O–H groups in total. The van der Waals surface area contributed by atoms with Gasteiger partial charge in [0.2, 0.25) is 0 Å². The maximum atomic E-state index is 6.01. The molecule has 0 saturated carbocycles. The molecule has 0 rings (SSSR count). The van der Waals surface area contributed by atoms with Gasteiger partial charge in [-0.1, -0.05) is 63.7 Å². The molecule has 0 aliphatic carbocycles. The molecule has 19 heavy (non-hydrogen) atoms. The molecule has 0 saturated heterocycles. The summed E-state index contributed by atoms with van der Waals surface area (Å²) in [6.45, 7) is 0. The van der Waals surface area contributed by atoms with E-state index >= 15 is 0 Å². The highest BCUT2D eigenvalue weighted by atomic mass is 79.9. The van der Waals surface area contributed by atoms with E-state index in [0.29, 0.717) is 11.8 Å². The largest absolute Gasteiger partial charge is 0.355 e. The van der Waals surface area contributed by atoms with Crippen LogP contribution < -0.4 is 0 Å². The molecular weight excluding hydrogens is 512 g/mol. The number of alkyl halides is 4. The van der Waals surface area contributed by atoms with Gasteiger partial charge in [0.15, 0.2) is 12.6 Å². The van der Waals surface area contributed by atoms with Crippen LogP contribution in [-0.4, -0.2) is 48.1 Å². The molecule has 0 aromatic rings. The molecule has 4 atom stereocenters. The third-order valence-corrected chi connectivity index (χ3v) is 5.44. The number of hydrogen-bond acceptors (Lipinski definition) is 3. The molecule has 0 bridgehead atoms. The minimum atomic E-state index is -0.265. The first-order valence-electron chi connectivity index (χ1n) is 6.13. The monoisotopic (exact) mass is 530 g/mol. The minimum absolute atomic E-state index is 0.265. The lowest BCUT2D eigenvalue weighted by atomic mass is 10.1. The van der Waals surface area contributed by atoms with E-state index in [-0.39, 0.29) is 12.6 Å². The highest BCUT2D eigenvalue weighted by Crippen LogP contribution is 2.24. The van der Waals surface area contributed by atoms with E-state index in [0.717, 1.165) is 34.2 Å². The van der Waals surface area contributed by atoms with E-state index < -0.39 is 0 Å². The summed E-state index contributed by atoms with van der Waals surface area (Å²) in [4.78, 5) is 0. The molecule has 0 unspecified atom stereocenters. The summed E-state index contributed by atoms with van der Waals surface area (Å²) in [5.41, 5.74) is 0. The Labute approximate surface area is 150 Å². The van der Waals surface area contributed by atoms with Gasteiger partial charge in [0.05, 0.1) is 0 Å². The third-order valence-electron chi connectivity index (χ3n) is 2.86. The van der Waals surface area contributed by atoms with Crippen LogP contribution in [0, 0.1) is 11.8 Å². The number of hydrogen-bond donors (Lipinski definition) is 0. The lowest BCUT2D eigenvalue weighted by Crippen LogP contribution is -2.37. The van der Waals surface area contributed by atoms with Crippen LogP contribution in [0.1, 0.15) is 12.8 Å². The van der Waals surface area contributed by atoms with Crippen molar-refractivity contribution in [1.82, 2.24) is 0 Å². The summed E-state index contributed by atoms with van der Waals surface area (Å²) in [7, 11) is 3.35. The molecule has 0 aliphatic rings. The average Bonchev–Trinajstić information content (AvgIpc) is 2.44. The van der Waals surface area contributed by atoms with Gasteiger partial charge in [0.25, 0.3) is 0 Å². The Balaban J connectivity index is 4.60. The highest BCUT2D eigenvalue weighted by Gasteiger charge is 2.28.